The molecule has 0 aromatic heterocycles. The first-order valence-corrected chi connectivity index (χ1v) is 8.68. The first-order valence-electron chi connectivity index (χ1n) is 8.68. The van der Waals surface area contributed by atoms with Gasteiger partial charge in [0.25, 0.3) is 5.91 Å². The molecule has 1 aliphatic heterocycles. The van der Waals surface area contributed by atoms with Crippen LogP contribution in [0.4, 0.5) is 0 Å². The quantitative estimate of drug-likeness (QED) is 0.620. The molecule has 1 heterocycles. The minimum Gasteiger partial charge on any atom is -0.357 e. The molecule has 144 valence electrons. The third-order valence-electron chi connectivity index (χ3n) is 4.69. The number of rotatable bonds is 9. The van der Waals surface area contributed by atoms with E-state index in [2.05, 4.69) is 5.32 Å². The molecular weight excluding hydrogens is 350 g/mol. The van der Waals surface area contributed by atoms with Gasteiger partial charge in [0.1, 0.15) is 18.6 Å². The fraction of sp³-hybridized carbons (Fsp3) is 0.421. The summed E-state index contributed by atoms with van der Waals surface area (Å²) >= 11 is 0. The van der Waals surface area contributed by atoms with Gasteiger partial charge in [-0.3, -0.25) is 24.2 Å². The number of hydrogen-bond donors (Lipinski definition) is 1. The highest BCUT2D eigenvalue weighted by Gasteiger charge is 2.31. The van der Waals surface area contributed by atoms with E-state index in [4.69, 9.17) is 0 Å². The lowest BCUT2D eigenvalue weighted by Crippen LogP contribution is -2.48. The second-order valence-corrected chi connectivity index (χ2v) is 6.46. The highest BCUT2D eigenvalue weighted by atomic mass is 16.2. The van der Waals surface area contributed by atoms with E-state index in [1.807, 2.05) is 11.0 Å². The summed E-state index contributed by atoms with van der Waals surface area (Å²) in [6.07, 6.45) is 1.92. The molecule has 0 saturated carbocycles. The molecule has 0 aliphatic carbocycles. The van der Waals surface area contributed by atoms with Gasteiger partial charge in [-0.15, -0.1) is 0 Å². The predicted molar refractivity (Wildman–Crippen MR) is 96.7 cm³/mol. The molecule has 27 heavy (non-hydrogen) atoms. The zero-order valence-corrected chi connectivity index (χ0v) is 15.4. The number of aryl methyl sites for hydroxylation is 1. The molecule has 0 saturated heterocycles. The van der Waals surface area contributed by atoms with Crippen LogP contribution in [0.25, 0.3) is 0 Å². The minimum absolute atomic E-state index is 0.0551. The van der Waals surface area contributed by atoms with Gasteiger partial charge in [-0.1, -0.05) is 6.07 Å². The van der Waals surface area contributed by atoms with Crippen molar-refractivity contribution in [2.24, 2.45) is 0 Å². The molecule has 0 radical (unpaired) electrons. The summed E-state index contributed by atoms with van der Waals surface area (Å²) in [5.41, 5.74) is 2.96. The van der Waals surface area contributed by atoms with Crippen LogP contribution in [0.5, 0.6) is 0 Å². The summed E-state index contributed by atoms with van der Waals surface area (Å²) in [6.45, 7) is 3.24. The number of likely N-dealkylation sites (N-methyl/N-ethyl adjacent to an activating group) is 1. The van der Waals surface area contributed by atoms with Crippen LogP contribution in [-0.4, -0.2) is 60.2 Å². The Morgan fingerprint density at radius 2 is 1.85 bits per heavy atom. The second-order valence-electron chi connectivity index (χ2n) is 6.46. The number of amides is 3. The SMILES string of the molecule is CNC(=O)C(CCC=O)N(C=O)C(=O)c1cc2c(cc1C)CN(CC=O)C2. The number of aldehydes is 2. The highest BCUT2D eigenvalue weighted by molar-refractivity contribution is 6.04. The smallest absolute Gasteiger partial charge is 0.261 e. The van der Waals surface area contributed by atoms with Crippen LogP contribution < -0.4 is 5.32 Å². The zero-order valence-electron chi connectivity index (χ0n) is 15.4. The van der Waals surface area contributed by atoms with Crippen LogP contribution >= 0.6 is 0 Å². The molecule has 1 aromatic rings. The Morgan fingerprint density at radius 3 is 2.41 bits per heavy atom. The number of nitrogens with zero attached hydrogens (tertiary/aromatic N) is 2. The van der Waals surface area contributed by atoms with Crippen molar-refractivity contribution in [2.75, 3.05) is 13.6 Å². The Bertz CT molecular complexity index is 762. The van der Waals surface area contributed by atoms with Crippen molar-refractivity contribution in [2.45, 2.75) is 38.9 Å². The number of fused-ring (bicyclic) bond motifs is 1. The fourth-order valence-corrected chi connectivity index (χ4v) is 3.30. The van der Waals surface area contributed by atoms with Gasteiger partial charge in [-0.25, -0.2) is 0 Å². The van der Waals surface area contributed by atoms with Crippen LogP contribution in [-0.2, 0) is 32.3 Å². The van der Waals surface area contributed by atoms with Crippen LogP contribution in [0.3, 0.4) is 0 Å². The van der Waals surface area contributed by atoms with Crippen molar-refractivity contribution in [3.8, 4) is 0 Å². The average Bonchev–Trinajstić information content (AvgIpc) is 3.04. The molecule has 0 spiro atoms. The van der Waals surface area contributed by atoms with E-state index in [1.165, 1.54) is 7.05 Å². The van der Waals surface area contributed by atoms with E-state index >= 15 is 0 Å². The molecule has 1 aromatic carbocycles. The number of nitrogens with one attached hydrogen (secondary N) is 1. The lowest BCUT2D eigenvalue weighted by Gasteiger charge is -2.25. The number of hydrogen-bond acceptors (Lipinski definition) is 6. The highest BCUT2D eigenvalue weighted by Crippen LogP contribution is 2.27. The maximum atomic E-state index is 13.0. The van der Waals surface area contributed by atoms with E-state index < -0.39 is 17.9 Å². The van der Waals surface area contributed by atoms with Gasteiger partial charge in [0, 0.05) is 32.1 Å². The maximum absolute atomic E-state index is 13.0. The first-order chi connectivity index (χ1) is 13.0. The van der Waals surface area contributed by atoms with Gasteiger partial charge in [0.05, 0.1) is 6.54 Å². The van der Waals surface area contributed by atoms with Gasteiger partial charge >= 0.3 is 0 Å². The molecule has 2 rings (SSSR count). The van der Waals surface area contributed by atoms with Crippen molar-refractivity contribution in [3.63, 3.8) is 0 Å². The minimum atomic E-state index is -1.05. The first kappa shape index (κ1) is 20.4. The Hall–Kier alpha value is -2.87. The van der Waals surface area contributed by atoms with Gasteiger partial charge in [0.15, 0.2) is 0 Å². The summed E-state index contributed by atoms with van der Waals surface area (Å²) in [4.78, 5) is 60.9. The normalized spacial score (nSPS) is 14.1. The van der Waals surface area contributed by atoms with Gasteiger partial charge in [-0.2, -0.15) is 0 Å². The number of benzene rings is 1. The van der Waals surface area contributed by atoms with Crippen LogP contribution in [0.2, 0.25) is 0 Å². The molecule has 3 amide bonds. The third kappa shape index (κ3) is 4.46. The van der Waals surface area contributed by atoms with Crippen LogP contribution in [0.1, 0.15) is 39.9 Å². The van der Waals surface area contributed by atoms with Crippen molar-refractivity contribution in [1.29, 1.82) is 0 Å². The van der Waals surface area contributed by atoms with Gasteiger partial charge in [0.2, 0.25) is 12.3 Å². The Balaban J connectivity index is 2.33. The predicted octanol–water partition coefficient (Wildman–Crippen LogP) is 0.202. The van der Waals surface area contributed by atoms with Crippen molar-refractivity contribution < 1.29 is 24.0 Å². The maximum Gasteiger partial charge on any atom is 0.261 e. The second kappa shape index (κ2) is 9.18. The largest absolute Gasteiger partial charge is 0.357 e. The average molecular weight is 373 g/mol. The number of imide groups is 1. The lowest BCUT2D eigenvalue weighted by molar-refractivity contribution is -0.131. The fourth-order valence-electron chi connectivity index (χ4n) is 3.30. The van der Waals surface area contributed by atoms with Crippen molar-refractivity contribution in [1.82, 2.24) is 15.1 Å². The monoisotopic (exact) mass is 373 g/mol. The van der Waals surface area contributed by atoms with E-state index in [0.29, 0.717) is 43.5 Å². The summed E-state index contributed by atoms with van der Waals surface area (Å²) in [7, 11) is 1.41. The zero-order chi connectivity index (χ0) is 20.0. The Morgan fingerprint density at radius 1 is 1.19 bits per heavy atom. The molecule has 1 aliphatic rings. The van der Waals surface area contributed by atoms with Crippen LogP contribution in [0, 0.1) is 6.92 Å². The molecular formula is C19H23N3O5. The van der Waals surface area contributed by atoms with E-state index in [9.17, 15) is 24.0 Å². The van der Waals surface area contributed by atoms with E-state index in [1.54, 1.807) is 13.0 Å². The summed E-state index contributed by atoms with van der Waals surface area (Å²) in [6, 6.07) is 2.54. The van der Waals surface area contributed by atoms with Gasteiger partial charge in [-0.05, 0) is 36.1 Å². The van der Waals surface area contributed by atoms with Crippen LogP contribution in [0.15, 0.2) is 12.1 Å². The summed E-state index contributed by atoms with van der Waals surface area (Å²) in [5, 5.41) is 2.42. The standard InChI is InChI=1S/C19H23N3O5/c1-13-8-14-10-21(5-7-24)11-15(14)9-16(13)19(27)22(12-25)17(4-3-6-23)18(26)20-2/h6-9,12,17H,3-5,10-11H2,1-2H3,(H,20,26). The molecule has 8 nitrogen and oxygen atoms in total. The summed E-state index contributed by atoms with van der Waals surface area (Å²) < 4.78 is 0. The van der Waals surface area contributed by atoms with E-state index in [0.717, 1.165) is 22.3 Å². The lowest BCUT2D eigenvalue weighted by atomic mass is 9.99. The molecule has 0 fully saturated rings. The van der Waals surface area contributed by atoms with E-state index in [-0.39, 0.29) is 12.8 Å². The number of carbonyl (C=O) groups excluding carboxylic acids is 5. The number of carbonyl (C=O) groups is 5. The molecule has 1 unspecified atom stereocenters. The Kier molecular flexibility index (Phi) is 6.95. The Labute approximate surface area is 157 Å². The van der Waals surface area contributed by atoms with Crippen molar-refractivity contribution in [3.05, 3.63) is 34.4 Å². The molecule has 1 atom stereocenters. The third-order valence-corrected chi connectivity index (χ3v) is 4.69. The van der Waals surface area contributed by atoms with Crippen molar-refractivity contribution >= 4 is 30.8 Å². The van der Waals surface area contributed by atoms with Gasteiger partial charge < -0.3 is 14.9 Å². The molecule has 8 heteroatoms. The molecule has 0 bridgehead atoms. The topological polar surface area (TPSA) is 104 Å². The molecule has 1 N–H and O–H groups in total. The summed E-state index contributed by atoms with van der Waals surface area (Å²) in [5.74, 6) is -1.09.